The molecule has 0 amide bonds. The van der Waals surface area contributed by atoms with Crippen molar-refractivity contribution in [3.05, 3.63) is 51.3 Å². The fraction of sp³-hybridized carbons (Fsp3) is 0.133. The van der Waals surface area contributed by atoms with E-state index in [0.29, 0.717) is 6.92 Å². The third-order valence-corrected chi connectivity index (χ3v) is 3.35. The van der Waals surface area contributed by atoms with Gasteiger partial charge in [0.1, 0.15) is 16.9 Å². The first-order valence-electron chi connectivity index (χ1n) is 6.55. The lowest BCUT2D eigenvalue weighted by molar-refractivity contribution is 0.0174. The lowest BCUT2D eigenvalue weighted by Crippen LogP contribution is -2.24. The summed E-state index contributed by atoms with van der Waals surface area (Å²) in [5.41, 5.74) is 2.11. The number of H-pyrrole nitrogens is 1. The molecule has 0 atom stereocenters. The first kappa shape index (κ1) is 17.1. The monoisotopic (exact) mass is 338 g/mol. The Labute approximate surface area is 133 Å². The zero-order valence-corrected chi connectivity index (χ0v) is 12.3. The van der Waals surface area contributed by atoms with Gasteiger partial charge in [0.15, 0.2) is 0 Å². The number of aromatic amines is 1. The molecular formula is C15H12F2N2O5. The van der Waals surface area contributed by atoms with Crippen molar-refractivity contribution in [3.8, 4) is 11.1 Å². The highest BCUT2D eigenvalue weighted by atomic mass is 19.3. The fourth-order valence-electron chi connectivity index (χ4n) is 2.26. The van der Waals surface area contributed by atoms with Gasteiger partial charge in [-0.15, -0.1) is 0 Å². The van der Waals surface area contributed by atoms with Gasteiger partial charge in [-0.2, -0.15) is 0 Å². The number of carbonyl (C=O) groups is 2. The van der Waals surface area contributed by atoms with Gasteiger partial charge in [0, 0.05) is 18.1 Å². The molecule has 0 aliphatic rings. The number of alkyl halides is 2. The van der Waals surface area contributed by atoms with Crippen LogP contribution in [-0.2, 0) is 5.92 Å². The van der Waals surface area contributed by atoms with Gasteiger partial charge in [-0.1, -0.05) is 24.3 Å². The second-order valence-electron chi connectivity index (χ2n) is 5.07. The minimum atomic E-state index is -3.13. The molecule has 0 aliphatic carbocycles. The van der Waals surface area contributed by atoms with Crippen LogP contribution in [0.1, 0.15) is 33.2 Å². The number of hydrogen-bond donors (Lipinski definition) is 4. The third-order valence-electron chi connectivity index (χ3n) is 3.35. The van der Waals surface area contributed by atoms with Crippen LogP contribution in [0.15, 0.2) is 29.1 Å². The van der Waals surface area contributed by atoms with E-state index in [9.17, 15) is 33.4 Å². The van der Waals surface area contributed by atoms with Crippen molar-refractivity contribution in [3.63, 3.8) is 0 Å². The summed E-state index contributed by atoms with van der Waals surface area (Å²) in [7, 11) is 0. The smallest absolute Gasteiger partial charge is 0.342 e. The van der Waals surface area contributed by atoms with Crippen molar-refractivity contribution in [1.29, 1.82) is 0 Å². The number of hydrogen-bond acceptors (Lipinski definition) is 4. The molecule has 0 saturated heterocycles. The number of rotatable bonds is 4. The Morgan fingerprint density at radius 3 is 2.00 bits per heavy atom. The maximum absolute atomic E-state index is 13.3. The van der Waals surface area contributed by atoms with E-state index in [4.69, 9.17) is 5.73 Å². The topological polar surface area (TPSA) is 133 Å². The number of aromatic nitrogens is 1. The number of anilines is 1. The summed E-state index contributed by atoms with van der Waals surface area (Å²) < 4.78 is 26.5. The van der Waals surface area contributed by atoms with Gasteiger partial charge in [-0.25, -0.2) is 18.4 Å². The summed E-state index contributed by atoms with van der Waals surface area (Å²) in [5.74, 6) is -6.89. The van der Waals surface area contributed by atoms with Crippen LogP contribution >= 0.6 is 0 Å². The molecule has 0 saturated carbocycles. The Morgan fingerprint density at radius 2 is 1.58 bits per heavy atom. The van der Waals surface area contributed by atoms with Crippen LogP contribution in [-0.4, -0.2) is 27.1 Å². The van der Waals surface area contributed by atoms with E-state index >= 15 is 0 Å². The van der Waals surface area contributed by atoms with Crippen molar-refractivity contribution in [1.82, 2.24) is 4.98 Å². The van der Waals surface area contributed by atoms with E-state index in [1.54, 1.807) is 0 Å². The van der Waals surface area contributed by atoms with E-state index < -0.39 is 45.9 Å². The van der Waals surface area contributed by atoms with Crippen molar-refractivity contribution in [2.24, 2.45) is 0 Å². The Hall–Kier alpha value is -3.23. The third kappa shape index (κ3) is 2.96. The number of nitrogen functional groups attached to an aromatic ring is 1. The molecular weight excluding hydrogens is 326 g/mol. The molecule has 126 valence electrons. The molecule has 9 heteroatoms. The number of halogens is 2. The molecule has 1 aromatic carbocycles. The van der Waals surface area contributed by atoms with Crippen LogP contribution in [0, 0.1) is 0 Å². The zero-order chi connectivity index (χ0) is 18.2. The van der Waals surface area contributed by atoms with Crippen LogP contribution in [0.4, 0.5) is 14.6 Å². The summed E-state index contributed by atoms with van der Waals surface area (Å²) in [6, 6.07) is 4.26. The fourth-order valence-corrected chi connectivity index (χ4v) is 2.26. The van der Waals surface area contributed by atoms with Crippen LogP contribution in [0.2, 0.25) is 0 Å². The highest BCUT2D eigenvalue weighted by Gasteiger charge is 2.28. The predicted molar refractivity (Wildman–Crippen MR) is 80.4 cm³/mol. The molecule has 24 heavy (non-hydrogen) atoms. The lowest BCUT2D eigenvalue weighted by atomic mass is 9.94. The Bertz CT molecular complexity index is 882. The predicted octanol–water partition coefficient (Wildman–Crippen LogP) is 2.13. The van der Waals surface area contributed by atoms with Crippen LogP contribution in [0.25, 0.3) is 11.1 Å². The molecule has 5 N–H and O–H groups in total. The van der Waals surface area contributed by atoms with Crippen LogP contribution in [0.3, 0.4) is 0 Å². The number of carboxylic acid groups (broad SMARTS) is 2. The van der Waals surface area contributed by atoms with Crippen molar-refractivity contribution >= 4 is 17.8 Å². The normalized spacial score (nSPS) is 11.3. The van der Waals surface area contributed by atoms with Crippen molar-refractivity contribution in [2.45, 2.75) is 12.8 Å². The molecule has 0 radical (unpaired) electrons. The number of benzene rings is 1. The van der Waals surface area contributed by atoms with Gasteiger partial charge in [-0.05, 0) is 5.56 Å². The van der Waals surface area contributed by atoms with E-state index in [1.807, 2.05) is 4.98 Å². The molecule has 0 fully saturated rings. The average molecular weight is 338 g/mol. The van der Waals surface area contributed by atoms with Gasteiger partial charge < -0.3 is 20.9 Å². The number of nitrogens with one attached hydrogen (secondary N) is 1. The van der Waals surface area contributed by atoms with Crippen LogP contribution in [0.5, 0.6) is 0 Å². The quantitative estimate of drug-likeness (QED) is 0.675. The second kappa shape index (κ2) is 5.76. The average Bonchev–Trinajstić information content (AvgIpc) is 2.44. The Balaban J connectivity index is 2.84. The summed E-state index contributed by atoms with van der Waals surface area (Å²) in [4.78, 5) is 36.6. The lowest BCUT2D eigenvalue weighted by Gasteiger charge is -2.14. The number of pyridine rings is 1. The molecule has 1 aromatic heterocycles. The SMILES string of the molecule is CC(F)(F)c1ccc(-c2c(C(=O)O)c(N)[nH]c(=O)c2C(=O)O)cc1. The van der Waals surface area contributed by atoms with Gasteiger partial charge in [0.05, 0.1) is 0 Å². The minimum absolute atomic E-state index is 0.0319. The Kier molecular flexibility index (Phi) is 4.11. The standard InChI is InChI=1S/C15H12F2N2O5/c1-15(16,17)7-4-2-6(3-5-7)8-9(13(21)22)11(18)19-12(20)10(8)14(23)24/h2-5H,1H3,(H,21,22)(H,23,24)(H3,18,19,20). The molecule has 0 spiro atoms. The van der Waals surface area contributed by atoms with Crippen molar-refractivity contribution < 1.29 is 28.6 Å². The highest BCUT2D eigenvalue weighted by molar-refractivity contribution is 6.07. The Morgan fingerprint density at radius 1 is 1.08 bits per heavy atom. The summed E-state index contributed by atoms with van der Waals surface area (Å²) in [5, 5.41) is 18.5. The zero-order valence-electron chi connectivity index (χ0n) is 12.3. The van der Waals surface area contributed by atoms with E-state index in [-0.39, 0.29) is 11.1 Å². The first-order chi connectivity index (χ1) is 11.0. The minimum Gasteiger partial charge on any atom is -0.478 e. The maximum atomic E-state index is 13.3. The largest absolute Gasteiger partial charge is 0.478 e. The highest BCUT2D eigenvalue weighted by Crippen LogP contribution is 2.32. The summed E-state index contributed by atoms with van der Waals surface area (Å²) in [6.07, 6.45) is 0. The van der Waals surface area contributed by atoms with E-state index in [0.717, 1.165) is 24.3 Å². The maximum Gasteiger partial charge on any atom is 0.342 e. The van der Waals surface area contributed by atoms with Crippen molar-refractivity contribution in [2.75, 3.05) is 5.73 Å². The molecule has 1 heterocycles. The van der Waals surface area contributed by atoms with E-state index in [1.165, 1.54) is 0 Å². The first-order valence-corrected chi connectivity index (χ1v) is 6.55. The van der Waals surface area contributed by atoms with Gasteiger partial charge >= 0.3 is 11.9 Å². The number of nitrogens with two attached hydrogens (primary N) is 1. The van der Waals surface area contributed by atoms with E-state index in [2.05, 4.69) is 0 Å². The molecule has 0 aliphatic heterocycles. The summed E-state index contributed by atoms with van der Waals surface area (Å²) >= 11 is 0. The molecule has 2 rings (SSSR count). The molecule has 7 nitrogen and oxygen atoms in total. The van der Waals surface area contributed by atoms with Gasteiger partial charge in [0.2, 0.25) is 0 Å². The summed E-state index contributed by atoms with van der Waals surface area (Å²) in [6.45, 7) is 0.679. The number of aromatic carboxylic acids is 2. The van der Waals surface area contributed by atoms with Gasteiger partial charge in [0.25, 0.3) is 11.5 Å². The van der Waals surface area contributed by atoms with Crippen LogP contribution < -0.4 is 11.3 Å². The molecule has 0 unspecified atom stereocenters. The molecule has 0 bridgehead atoms. The molecule has 2 aromatic rings. The number of carboxylic acids is 2. The van der Waals surface area contributed by atoms with Gasteiger partial charge in [-0.3, -0.25) is 4.79 Å². The second-order valence-corrected chi connectivity index (χ2v) is 5.07.